The van der Waals surface area contributed by atoms with Gasteiger partial charge in [0.15, 0.2) is 0 Å². The average molecular weight is 411 g/mol. The molecule has 2 aliphatic heterocycles. The van der Waals surface area contributed by atoms with Gasteiger partial charge in [0.2, 0.25) is 5.91 Å². The van der Waals surface area contributed by atoms with Gasteiger partial charge in [-0.15, -0.1) is 0 Å². The molecule has 3 unspecified atom stereocenters. The SMILES string of the molecule is O=C1C(CO)CCC2CC(OCc3cc(C(F)(F)F)cc(C(F)(F)F)c3)CN12. The minimum atomic E-state index is -4.91. The number of aliphatic hydroxyl groups excluding tert-OH is 1. The molecule has 3 atom stereocenters. The lowest BCUT2D eigenvalue weighted by Gasteiger charge is -2.33. The van der Waals surface area contributed by atoms with E-state index in [1.165, 1.54) is 0 Å². The Morgan fingerprint density at radius 3 is 2.18 bits per heavy atom. The molecular weight excluding hydrogens is 392 g/mol. The van der Waals surface area contributed by atoms with Crippen LogP contribution in [0.2, 0.25) is 0 Å². The van der Waals surface area contributed by atoms with Gasteiger partial charge in [0.25, 0.3) is 0 Å². The normalized spacial score (nSPS) is 25.9. The highest BCUT2D eigenvalue weighted by molar-refractivity contribution is 5.80. The topological polar surface area (TPSA) is 49.8 Å². The summed E-state index contributed by atoms with van der Waals surface area (Å²) in [6, 6.07) is 1.29. The number of rotatable bonds is 4. The fraction of sp³-hybridized carbons (Fsp3) is 0.611. The third kappa shape index (κ3) is 4.43. The van der Waals surface area contributed by atoms with Crippen molar-refractivity contribution in [3.8, 4) is 0 Å². The summed E-state index contributed by atoms with van der Waals surface area (Å²) >= 11 is 0. The number of benzene rings is 1. The Labute approximate surface area is 157 Å². The van der Waals surface area contributed by atoms with E-state index >= 15 is 0 Å². The number of aliphatic hydroxyl groups is 1. The molecule has 156 valence electrons. The van der Waals surface area contributed by atoms with E-state index < -0.39 is 42.1 Å². The Morgan fingerprint density at radius 2 is 1.64 bits per heavy atom. The van der Waals surface area contributed by atoms with E-state index in [9.17, 15) is 36.2 Å². The van der Waals surface area contributed by atoms with Gasteiger partial charge < -0.3 is 14.7 Å². The Bertz CT molecular complexity index is 701. The van der Waals surface area contributed by atoms with Crippen LogP contribution in [0.4, 0.5) is 26.3 Å². The molecule has 0 aromatic heterocycles. The van der Waals surface area contributed by atoms with Crippen molar-refractivity contribution < 1.29 is 41.0 Å². The molecule has 0 spiro atoms. The van der Waals surface area contributed by atoms with Crippen molar-refractivity contribution in [3.05, 3.63) is 34.9 Å². The van der Waals surface area contributed by atoms with Crippen LogP contribution in [0.25, 0.3) is 0 Å². The van der Waals surface area contributed by atoms with E-state index in [1.54, 1.807) is 4.90 Å². The van der Waals surface area contributed by atoms with Crippen LogP contribution >= 0.6 is 0 Å². The minimum absolute atomic E-state index is 0.0763. The van der Waals surface area contributed by atoms with Crippen molar-refractivity contribution in [2.45, 2.75) is 50.4 Å². The molecule has 0 aliphatic carbocycles. The first-order chi connectivity index (χ1) is 13.0. The van der Waals surface area contributed by atoms with Crippen molar-refractivity contribution in [1.29, 1.82) is 0 Å². The minimum Gasteiger partial charge on any atom is -0.396 e. The van der Waals surface area contributed by atoms with Gasteiger partial charge in [-0.25, -0.2) is 0 Å². The third-order valence-electron chi connectivity index (χ3n) is 5.21. The van der Waals surface area contributed by atoms with Gasteiger partial charge >= 0.3 is 12.4 Å². The second-order valence-electron chi connectivity index (χ2n) is 7.18. The quantitative estimate of drug-likeness (QED) is 0.771. The number of carbonyl (C=O) groups is 1. The molecule has 2 saturated heterocycles. The van der Waals surface area contributed by atoms with Crippen molar-refractivity contribution >= 4 is 5.91 Å². The highest BCUT2D eigenvalue weighted by atomic mass is 19.4. The highest BCUT2D eigenvalue weighted by Crippen LogP contribution is 2.37. The van der Waals surface area contributed by atoms with Crippen LogP contribution in [0.5, 0.6) is 0 Å². The van der Waals surface area contributed by atoms with E-state index in [0.29, 0.717) is 31.4 Å². The van der Waals surface area contributed by atoms with Crippen molar-refractivity contribution in [3.63, 3.8) is 0 Å². The predicted octanol–water partition coefficient (Wildman–Crippen LogP) is 3.61. The molecule has 2 heterocycles. The summed E-state index contributed by atoms with van der Waals surface area (Å²) in [7, 11) is 0. The first-order valence-corrected chi connectivity index (χ1v) is 8.80. The lowest BCUT2D eigenvalue weighted by atomic mass is 9.93. The predicted molar refractivity (Wildman–Crippen MR) is 85.0 cm³/mol. The van der Waals surface area contributed by atoms with Gasteiger partial charge in [0.1, 0.15) is 0 Å². The number of halogens is 6. The smallest absolute Gasteiger partial charge is 0.396 e. The van der Waals surface area contributed by atoms with Gasteiger partial charge in [0, 0.05) is 12.6 Å². The Kier molecular flexibility index (Phi) is 5.64. The Morgan fingerprint density at radius 1 is 1.04 bits per heavy atom. The van der Waals surface area contributed by atoms with Gasteiger partial charge in [-0.05, 0) is 43.0 Å². The first kappa shape index (κ1) is 20.9. The van der Waals surface area contributed by atoms with Gasteiger partial charge in [-0.1, -0.05) is 0 Å². The fourth-order valence-corrected chi connectivity index (χ4v) is 3.78. The molecule has 10 heteroatoms. The van der Waals surface area contributed by atoms with E-state index in [1.807, 2.05) is 0 Å². The molecule has 1 aromatic carbocycles. The number of alkyl halides is 6. The number of ether oxygens (including phenoxy) is 1. The van der Waals surface area contributed by atoms with Crippen LogP contribution in [-0.4, -0.2) is 41.2 Å². The summed E-state index contributed by atoms with van der Waals surface area (Å²) in [6.07, 6.45) is -8.60. The number of hydrogen-bond acceptors (Lipinski definition) is 3. The van der Waals surface area contributed by atoms with Crippen molar-refractivity contribution in [2.24, 2.45) is 5.92 Å². The molecule has 1 amide bonds. The van der Waals surface area contributed by atoms with Crippen LogP contribution in [0.15, 0.2) is 18.2 Å². The molecule has 0 radical (unpaired) electrons. The maximum atomic E-state index is 12.9. The number of hydrogen-bond donors (Lipinski definition) is 1. The van der Waals surface area contributed by atoms with Crippen molar-refractivity contribution in [2.75, 3.05) is 13.2 Å². The third-order valence-corrected chi connectivity index (χ3v) is 5.21. The zero-order valence-corrected chi connectivity index (χ0v) is 14.7. The van der Waals surface area contributed by atoms with Crippen LogP contribution < -0.4 is 0 Å². The Balaban J connectivity index is 1.70. The number of piperidine rings is 1. The maximum absolute atomic E-state index is 12.9. The largest absolute Gasteiger partial charge is 0.416 e. The standard InChI is InChI=1S/C18H19F6NO3/c19-17(20,21)12-3-10(4-13(5-12)18(22,23)24)9-28-15-6-14-2-1-11(8-26)16(27)25(14)7-15/h3-5,11,14-15,26H,1-2,6-9H2. The summed E-state index contributed by atoms with van der Waals surface area (Å²) in [5.41, 5.74) is -3.00. The lowest BCUT2D eigenvalue weighted by molar-refractivity contribution is -0.144. The lowest BCUT2D eigenvalue weighted by Crippen LogP contribution is -2.45. The second kappa shape index (κ2) is 7.55. The number of carbonyl (C=O) groups excluding carboxylic acids is 1. The average Bonchev–Trinajstić information content (AvgIpc) is 3.03. The molecule has 2 fully saturated rings. The van der Waals surface area contributed by atoms with E-state index in [4.69, 9.17) is 4.74 Å². The van der Waals surface area contributed by atoms with Crippen LogP contribution in [0.1, 0.15) is 36.0 Å². The molecule has 0 bridgehead atoms. The first-order valence-electron chi connectivity index (χ1n) is 8.80. The number of amides is 1. The molecule has 3 rings (SSSR count). The number of fused-ring (bicyclic) bond motifs is 1. The molecular formula is C18H19F6NO3. The Hall–Kier alpha value is -1.81. The summed E-state index contributed by atoms with van der Waals surface area (Å²) < 4.78 is 83.1. The molecule has 28 heavy (non-hydrogen) atoms. The molecule has 0 saturated carbocycles. The van der Waals surface area contributed by atoms with Crippen LogP contribution in [0, 0.1) is 5.92 Å². The maximum Gasteiger partial charge on any atom is 0.416 e. The molecule has 4 nitrogen and oxygen atoms in total. The monoisotopic (exact) mass is 411 g/mol. The van der Waals surface area contributed by atoms with E-state index in [2.05, 4.69) is 0 Å². The van der Waals surface area contributed by atoms with Crippen LogP contribution in [0.3, 0.4) is 0 Å². The second-order valence-corrected chi connectivity index (χ2v) is 7.18. The number of nitrogens with zero attached hydrogens (tertiary/aromatic N) is 1. The molecule has 1 N–H and O–H groups in total. The summed E-state index contributed by atoms with van der Waals surface area (Å²) in [4.78, 5) is 13.8. The van der Waals surface area contributed by atoms with E-state index in [-0.39, 0.29) is 36.7 Å². The van der Waals surface area contributed by atoms with Gasteiger partial charge in [0.05, 0.1) is 36.4 Å². The fourth-order valence-electron chi connectivity index (χ4n) is 3.78. The molecule has 1 aromatic rings. The van der Waals surface area contributed by atoms with Gasteiger partial charge in [-0.2, -0.15) is 26.3 Å². The molecule has 2 aliphatic rings. The van der Waals surface area contributed by atoms with E-state index in [0.717, 1.165) is 0 Å². The van der Waals surface area contributed by atoms with Crippen molar-refractivity contribution in [1.82, 2.24) is 4.90 Å². The summed E-state index contributed by atoms with van der Waals surface area (Å²) in [5, 5.41) is 9.22. The highest BCUT2D eigenvalue weighted by Gasteiger charge is 2.42. The summed E-state index contributed by atoms with van der Waals surface area (Å²) in [6.45, 7) is -0.459. The zero-order valence-electron chi connectivity index (χ0n) is 14.7. The zero-order chi connectivity index (χ0) is 20.7. The van der Waals surface area contributed by atoms with Gasteiger partial charge in [-0.3, -0.25) is 4.79 Å². The van der Waals surface area contributed by atoms with Crippen LogP contribution in [-0.2, 0) is 28.5 Å². The summed E-state index contributed by atoms with van der Waals surface area (Å²) in [5.74, 6) is -0.656.